The molecule has 146 valence electrons. The summed E-state index contributed by atoms with van der Waals surface area (Å²) in [6.45, 7) is 4.59. The van der Waals surface area contributed by atoms with Crippen LogP contribution < -0.4 is 15.4 Å². The number of aliphatic imine (C=N–C) groups is 1. The van der Waals surface area contributed by atoms with Gasteiger partial charge in [0, 0.05) is 52.0 Å². The van der Waals surface area contributed by atoms with Gasteiger partial charge in [0.05, 0.1) is 6.61 Å². The van der Waals surface area contributed by atoms with Crippen LogP contribution in [0.25, 0.3) is 0 Å². The predicted octanol–water partition coefficient (Wildman–Crippen LogP) is 3.32. The van der Waals surface area contributed by atoms with Crippen molar-refractivity contribution in [1.29, 1.82) is 0 Å². The van der Waals surface area contributed by atoms with Crippen molar-refractivity contribution in [2.45, 2.75) is 26.4 Å². The van der Waals surface area contributed by atoms with Gasteiger partial charge in [0.15, 0.2) is 5.96 Å². The lowest BCUT2D eigenvalue weighted by molar-refractivity contribution is 0.171. The number of guanidine groups is 1. The highest BCUT2D eigenvalue weighted by Gasteiger charge is 2.06. The van der Waals surface area contributed by atoms with Gasteiger partial charge in [-0.1, -0.05) is 29.8 Å². The van der Waals surface area contributed by atoms with Gasteiger partial charge in [0.2, 0.25) is 0 Å². The van der Waals surface area contributed by atoms with Crippen molar-refractivity contribution >= 4 is 17.6 Å². The lowest BCUT2D eigenvalue weighted by Gasteiger charge is -2.15. The highest BCUT2D eigenvalue weighted by Crippen LogP contribution is 2.20. The number of aromatic nitrogens is 1. The Morgan fingerprint density at radius 3 is 2.67 bits per heavy atom. The summed E-state index contributed by atoms with van der Waals surface area (Å²) in [7, 11) is 3.44. The number of benzene rings is 1. The first-order valence-electron chi connectivity index (χ1n) is 8.88. The lowest BCUT2D eigenvalue weighted by Crippen LogP contribution is -2.36. The molecule has 1 heterocycles. The second-order valence-corrected chi connectivity index (χ2v) is 6.46. The molecule has 7 heteroatoms. The molecule has 0 saturated heterocycles. The number of hydrogen-bond acceptors (Lipinski definition) is 4. The third-order valence-corrected chi connectivity index (χ3v) is 4.12. The van der Waals surface area contributed by atoms with E-state index in [0.717, 1.165) is 23.3 Å². The number of nitrogens with one attached hydrogen (secondary N) is 2. The lowest BCUT2D eigenvalue weighted by atomic mass is 10.1. The van der Waals surface area contributed by atoms with E-state index in [1.54, 1.807) is 26.4 Å². The van der Waals surface area contributed by atoms with E-state index >= 15 is 0 Å². The second-order valence-electron chi connectivity index (χ2n) is 6.07. The van der Waals surface area contributed by atoms with Crippen LogP contribution in [0.1, 0.15) is 23.1 Å². The maximum absolute atomic E-state index is 5.93. The SMILES string of the molecule is CN=C(NCc1ccc(Cl)nc1)NCc1ccc(C)cc1OCCCOC. The summed E-state index contributed by atoms with van der Waals surface area (Å²) in [5.74, 6) is 1.59. The quantitative estimate of drug-likeness (QED) is 0.297. The zero-order valence-corrected chi connectivity index (χ0v) is 16.8. The fourth-order valence-corrected chi connectivity index (χ4v) is 2.54. The summed E-state index contributed by atoms with van der Waals surface area (Å²) in [6, 6.07) is 9.91. The number of halogens is 1. The Labute approximate surface area is 166 Å². The molecule has 0 aliphatic carbocycles. The Kier molecular flexibility index (Phi) is 8.87. The maximum Gasteiger partial charge on any atom is 0.191 e. The third-order valence-electron chi connectivity index (χ3n) is 3.89. The van der Waals surface area contributed by atoms with E-state index in [9.17, 15) is 0 Å². The molecule has 2 rings (SSSR count). The Bertz CT molecular complexity index is 735. The number of ether oxygens (including phenoxy) is 2. The molecule has 0 fully saturated rings. The standard InChI is InChI=1S/C20H27ClN4O2/c1-15-5-7-17(18(11-15)27-10-4-9-26-3)14-25-20(22-2)24-13-16-6-8-19(21)23-12-16/h5-8,11-12H,4,9-10,13-14H2,1-3H3,(H2,22,24,25). The van der Waals surface area contributed by atoms with E-state index in [0.29, 0.717) is 37.4 Å². The molecule has 0 bridgehead atoms. The number of methoxy groups -OCH3 is 1. The van der Waals surface area contributed by atoms with Crippen molar-refractivity contribution in [1.82, 2.24) is 15.6 Å². The summed E-state index contributed by atoms with van der Waals surface area (Å²) in [5.41, 5.74) is 3.27. The smallest absolute Gasteiger partial charge is 0.191 e. The number of rotatable bonds is 9. The minimum Gasteiger partial charge on any atom is -0.493 e. The topological polar surface area (TPSA) is 67.8 Å². The number of hydrogen-bond donors (Lipinski definition) is 2. The first-order chi connectivity index (χ1) is 13.1. The van der Waals surface area contributed by atoms with Gasteiger partial charge in [-0.3, -0.25) is 4.99 Å². The molecular formula is C20H27ClN4O2. The van der Waals surface area contributed by atoms with Gasteiger partial charge in [-0.25, -0.2) is 4.98 Å². The first kappa shape index (κ1) is 21.0. The molecule has 27 heavy (non-hydrogen) atoms. The first-order valence-corrected chi connectivity index (χ1v) is 9.26. The molecule has 6 nitrogen and oxygen atoms in total. The normalized spacial score (nSPS) is 11.3. The van der Waals surface area contributed by atoms with E-state index in [4.69, 9.17) is 21.1 Å². The third kappa shape index (κ3) is 7.45. The predicted molar refractivity (Wildman–Crippen MR) is 109 cm³/mol. The van der Waals surface area contributed by atoms with Crippen molar-refractivity contribution in [2.75, 3.05) is 27.4 Å². The molecule has 0 atom stereocenters. The van der Waals surface area contributed by atoms with E-state index in [2.05, 4.69) is 45.7 Å². The van der Waals surface area contributed by atoms with Gasteiger partial charge in [0.25, 0.3) is 0 Å². The molecule has 1 aromatic heterocycles. The van der Waals surface area contributed by atoms with Crippen LogP contribution in [0.3, 0.4) is 0 Å². The van der Waals surface area contributed by atoms with Crippen molar-refractivity contribution in [2.24, 2.45) is 4.99 Å². The summed E-state index contributed by atoms with van der Waals surface area (Å²) in [6.07, 6.45) is 2.60. The molecule has 0 spiro atoms. The summed E-state index contributed by atoms with van der Waals surface area (Å²) in [4.78, 5) is 8.34. The number of pyridine rings is 1. The zero-order chi connectivity index (χ0) is 19.5. The summed E-state index contributed by atoms with van der Waals surface area (Å²) in [5, 5.41) is 7.07. The van der Waals surface area contributed by atoms with Crippen molar-refractivity contribution in [3.8, 4) is 5.75 Å². The average Bonchev–Trinajstić information content (AvgIpc) is 2.68. The van der Waals surface area contributed by atoms with Crippen LogP contribution in [-0.2, 0) is 17.8 Å². The van der Waals surface area contributed by atoms with E-state index in [1.165, 1.54) is 5.56 Å². The monoisotopic (exact) mass is 390 g/mol. The zero-order valence-electron chi connectivity index (χ0n) is 16.1. The molecule has 0 aliphatic heterocycles. The molecule has 0 aliphatic rings. The Morgan fingerprint density at radius 1 is 1.15 bits per heavy atom. The highest BCUT2D eigenvalue weighted by atomic mass is 35.5. The largest absolute Gasteiger partial charge is 0.493 e. The fourth-order valence-electron chi connectivity index (χ4n) is 2.42. The molecule has 0 unspecified atom stereocenters. The Morgan fingerprint density at radius 2 is 1.96 bits per heavy atom. The van der Waals surface area contributed by atoms with E-state index < -0.39 is 0 Å². The van der Waals surface area contributed by atoms with Gasteiger partial charge < -0.3 is 20.1 Å². The van der Waals surface area contributed by atoms with Crippen LogP contribution in [0.5, 0.6) is 5.75 Å². The van der Waals surface area contributed by atoms with E-state index in [-0.39, 0.29) is 0 Å². The van der Waals surface area contributed by atoms with Crippen molar-refractivity contribution < 1.29 is 9.47 Å². The van der Waals surface area contributed by atoms with Crippen molar-refractivity contribution in [3.63, 3.8) is 0 Å². The minimum atomic E-state index is 0.485. The van der Waals surface area contributed by atoms with Gasteiger partial charge in [-0.05, 0) is 30.2 Å². The molecule has 0 amide bonds. The molecular weight excluding hydrogens is 364 g/mol. The molecule has 0 radical (unpaired) electrons. The molecule has 2 aromatic rings. The number of aryl methyl sites for hydroxylation is 1. The average molecular weight is 391 g/mol. The number of nitrogens with zero attached hydrogens (tertiary/aromatic N) is 2. The Balaban J connectivity index is 1.90. The van der Waals surface area contributed by atoms with Crippen LogP contribution in [-0.4, -0.2) is 38.3 Å². The molecule has 1 aromatic carbocycles. The fraction of sp³-hybridized carbons (Fsp3) is 0.400. The van der Waals surface area contributed by atoms with Crippen molar-refractivity contribution in [3.05, 3.63) is 58.4 Å². The van der Waals surface area contributed by atoms with Crippen LogP contribution in [0.2, 0.25) is 5.15 Å². The molecule has 2 N–H and O–H groups in total. The maximum atomic E-state index is 5.93. The van der Waals surface area contributed by atoms with Crippen LogP contribution in [0, 0.1) is 6.92 Å². The second kappa shape index (κ2) is 11.4. The van der Waals surface area contributed by atoms with Gasteiger partial charge in [0.1, 0.15) is 10.9 Å². The molecule has 0 saturated carbocycles. The summed E-state index contributed by atoms with van der Waals surface area (Å²) >= 11 is 5.81. The minimum absolute atomic E-state index is 0.485. The van der Waals surface area contributed by atoms with E-state index in [1.807, 2.05) is 6.07 Å². The summed E-state index contributed by atoms with van der Waals surface area (Å²) < 4.78 is 11.0. The highest BCUT2D eigenvalue weighted by molar-refractivity contribution is 6.29. The van der Waals surface area contributed by atoms with Gasteiger partial charge in [-0.2, -0.15) is 0 Å². The van der Waals surface area contributed by atoms with Gasteiger partial charge in [-0.15, -0.1) is 0 Å². The van der Waals surface area contributed by atoms with Crippen LogP contribution in [0.4, 0.5) is 0 Å². The van der Waals surface area contributed by atoms with Gasteiger partial charge >= 0.3 is 0 Å². The Hall–Kier alpha value is -2.31. The van der Waals surface area contributed by atoms with Crippen LogP contribution in [0.15, 0.2) is 41.5 Å². The van der Waals surface area contributed by atoms with Crippen LogP contribution >= 0.6 is 11.6 Å².